The molecule has 0 spiro atoms. The first-order valence-corrected chi connectivity index (χ1v) is 7.64. The first kappa shape index (κ1) is 14.9. The monoisotopic (exact) mass is 288 g/mol. The third-order valence-corrected chi connectivity index (χ3v) is 3.86. The molecule has 2 aromatic rings. The molecule has 0 aliphatic heterocycles. The van der Waals surface area contributed by atoms with E-state index in [2.05, 4.69) is 20.4 Å². The van der Waals surface area contributed by atoms with Crippen molar-refractivity contribution in [3.8, 4) is 5.75 Å². The highest BCUT2D eigenvalue weighted by molar-refractivity contribution is 7.99. The molecule has 0 amide bonds. The van der Waals surface area contributed by atoms with Gasteiger partial charge in [0, 0.05) is 11.3 Å². The Kier molecular flexibility index (Phi) is 5.01. The van der Waals surface area contributed by atoms with Gasteiger partial charge in [-0.3, -0.25) is 0 Å². The Morgan fingerprint density at radius 2 is 2.10 bits per heavy atom. The summed E-state index contributed by atoms with van der Waals surface area (Å²) in [6.45, 7) is 8.11. The maximum absolute atomic E-state index is 5.25. The zero-order valence-electron chi connectivity index (χ0n) is 12.2. The highest BCUT2D eigenvalue weighted by atomic mass is 32.2. The molecule has 1 aromatic heterocycles. The largest absolute Gasteiger partial charge is 0.497 e. The van der Waals surface area contributed by atoms with Crippen molar-refractivity contribution in [1.29, 1.82) is 0 Å². The number of nitrogens with zero attached hydrogens (tertiary/aromatic N) is 2. The summed E-state index contributed by atoms with van der Waals surface area (Å²) in [5.74, 6) is 0.811. The zero-order valence-corrected chi connectivity index (χ0v) is 13.0. The van der Waals surface area contributed by atoms with Gasteiger partial charge in [0.15, 0.2) is 0 Å². The summed E-state index contributed by atoms with van der Waals surface area (Å²) in [5.41, 5.74) is 2.86. The summed E-state index contributed by atoms with van der Waals surface area (Å²) in [6, 6.07) is 5.82. The normalized spacial score (nSPS) is 11.0. The van der Waals surface area contributed by atoms with Crippen molar-refractivity contribution in [2.24, 2.45) is 0 Å². The van der Waals surface area contributed by atoms with E-state index in [1.165, 1.54) is 0 Å². The molecule has 2 rings (SSSR count). The molecule has 1 heterocycles. The van der Waals surface area contributed by atoms with E-state index in [4.69, 9.17) is 14.7 Å². The minimum atomic E-state index is 0.481. The van der Waals surface area contributed by atoms with E-state index >= 15 is 0 Å². The van der Waals surface area contributed by atoms with Gasteiger partial charge in [-0.1, -0.05) is 19.9 Å². The number of hydrogen-bond acceptors (Lipinski definition) is 4. The number of fused-ring (bicyclic) bond motifs is 1. The molecule has 0 unspecified atom stereocenters. The van der Waals surface area contributed by atoms with Crippen LogP contribution in [0.4, 0.5) is 0 Å². The lowest BCUT2D eigenvalue weighted by Gasteiger charge is -2.11. The zero-order chi connectivity index (χ0) is 14.5. The number of hydrogen-bond donors (Lipinski definition) is 0. The number of allylic oxidation sites excluding steroid dienone is 1. The molecule has 4 heteroatoms. The number of ether oxygens (including phenoxy) is 1. The van der Waals surface area contributed by atoms with Crippen molar-refractivity contribution in [3.63, 3.8) is 0 Å². The average molecular weight is 288 g/mol. The predicted molar refractivity (Wildman–Crippen MR) is 85.6 cm³/mol. The number of thioether (sulfide) groups is 1. The number of aromatic nitrogens is 2. The molecule has 0 atom stereocenters. The summed E-state index contributed by atoms with van der Waals surface area (Å²) in [4.78, 5) is 9.52. The summed E-state index contributed by atoms with van der Waals surface area (Å²) in [5, 5.41) is 1.50. The van der Waals surface area contributed by atoms with Gasteiger partial charge in [0.25, 0.3) is 0 Å². The Labute approximate surface area is 124 Å². The molecule has 0 N–H and O–H groups in total. The number of aryl methyl sites for hydroxylation is 1. The van der Waals surface area contributed by atoms with Crippen molar-refractivity contribution in [1.82, 2.24) is 9.97 Å². The minimum Gasteiger partial charge on any atom is -0.497 e. The van der Waals surface area contributed by atoms with Crippen molar-refractivity contribution >= 4 is 22.8 Å². The molecule has 106 valence electrons. The van der Waals surface area contributed by atoms with Crippen LogP contribution in [0.25, 0.3) is 11.0 Å². The quantitative estimate of drug-likeness (QED) is 0.588. The first-order valence-electron chi connectivity index (χ1n) is 6.76. The predicted octanol–water partition coefficient (Wildman–Crippen LogP) is 4.26. The van der Waals surface area contributed by atoms with E-state index in [9.17, 15) is 0 Å². The fourth-order valence-electron chi connectivity index (χ4n) is 1.90. The van der Waals surface area contributed by atoms with Crippen LogP contribution in [-0.4, -0.2) is 22.3 Å². The third kappa shape index (κ3) is 3.51. The van der Waals surface area contributed by atoms with E-state index in [0.717, 1.165) is 40.3 Å². The van der Waals surface area contributed by atoms with Crippen LogP contribution in [0, 0.1) is 0 Å². The summed E-state index contributed by atoms with van der Waals surface area (Å²) in [7, 11) is 1.66. The highest BCUT2D eigenvalue weighted by Gasteiger charge is 2.11. The fraction of sp³-hybridized carbons (Fsp3) is 0.375. The van der Waals surface area contributed by atoms with Gasteiger partial charge in [-0.2, -0.15) is 0 Å². The molecule has 0 radical (unpaired) electrons. The van der Waals surface area contributed by atoms with Crippen LogP contribution in [0.15, 0.2) is 35.9 Å². The SMILES string of the molecule is C=CCCc1nc2ccc(OC)cc2nc1SC(C)C. The van der Waals surface area contributed by atoms with Gasteiger partial charge in [-0.05, 0) is 25.0 Å². The Hall–Kier alpha value is -1.55. The second kappa shape index (κ2) is 6.75. The van der Waals surface area contributed by atoms with E-state index in [-0.39, 0.29) is 0 Å². The highest BCUT2D eigenvalue weighted by Crippen LogP contribution is 2.28. The molecule has 0 fully saturated rings. The number of benzene rings is 1. The molecular weight excluding hydrogens is 268 g/mol. The van der Waals surface area contributed by atoms with Crippen molar-refractivity contribution in [2.45, 2.75) is 37.0 Å². The fourth-order valence-corrected chi connectivity index (χ4v) is 2.78. The summed E-state index contributed by atoms with van der Waals surface area (Å²) in [6.07, 6.45) is 3.72. The van der Waals surface area contributed by atoms with Gasteiger partial charge >= 0.3 is 0 Å². The molecular formula is C16H20N2OS. The van der Waals surface area contributed by atoms with Gasteiger partial charge in [-0.15, -0.1) is 18.3 Å². The Balaban J connectivity index is 2.48. The lowest BCUT2D eigenvalue weighted by Crippen LogP contribution is -2.00. The molecule has 0 aliphatic carbocycles. The van der Waals surface area contributed by atoms with Crippen molar-refractivity contribution < 1.29 is 4.74 Å². The minimum absolute atomic E-state index is 0.481. The average Bonchev–Trinajstić information content (AvgIpc) is 2.43. The molecule has 0 saturated carbocycles. The second-order valence-corrected chi connectivity index (χ2v) is 6.39. The van der Waals surface area contributed by atoms with Crippen LogP contribution in [-0.2, 0) is 6.42 Å². The molecule has 0 bridgehead atoms. The second-order valence-electron chi connectivity index (χ2n) is 4.82. The van der Waals surface area contributed by atoms with Crippen LogP contribution < -0.4 is 4.74 Å². The third-order valence-electron chi connectivity index (χ3n) is 2.84. The van der Waals surface area contributed by atoms with Gasteiger partial charge in [0.1, 0.15) is 10.8 Å². The van der Waals surface area contributed by atoms with Crippen LogP contribution in [0.5, 0.6) is 5.75 Å². The summed E-state index contributed by atoms with van der Waals surface area (Å²) >= 11 is 1.76. The van der Waals surface area contributed by atoms with E-state index in [0.29, 0.717) is 5.25 Å². The number of methoxy groups -OCH3 is 1. The van der Waals surface area contributed by atoms with Crippen LogP contribution >= 0.6 is 11.8 Å². The van der Waals surface area contributed by atoms with Gasteiger partial charge in [-0.25, -0.2) is 9.97 Å². The van der Waals surface area contributed by atoms with Crippen LogP contribution in [0.2, 0.25) is 0 Å². The topological polar surface area (TPSA) is 35.0 Å². The number of rotatable bonds is 6. The Morgan fingerprint density at radius 1 is 1.30 bits per heavy atom. The molecule has 0 aliphatic rings. The van der Waals surface area contributed by atoms with Gasteiger partial charge in [0.2, 0.25) is 0 Å². The standard InChI is InChI=1S/C16H20N2OS/c1-5-6-7-14-16(20-11(2)3)18-15-10-12(19-4)8-9-13(15)17-14/h5,8-11H,1,6-7H2,2-4H3. The van der Waals surface area contributed by atoms with Crippen molar-refractivity contribution in [2.75, 3.05) is 7.11 Å². The van der Waals surface area contributed by atoms with E-state index < -0.39 is 0 Å². The van der Waals surface area contributed by atoms with Gasteiger partial charge < -0.3 is 4.74 Å². The lowest BCUT2D eigenvalue weighted by molar-refractivity contribution is 0.415. The molecule has 20 heavy (non-hydrogen) atoms. The van der Waals surface area contributed by atoms with E-state index in [1.54, 1.807) is 18.9 Å². The Bertz CT molecular complexity index is 611. The van der Waals surface area contributed by atoms with Crippen molar-refractivity contribution in [3.05, 3.63) is 36.5 Å². The maximum atomic E-state index is 5.25. The first-order chi connectivity index (χ1) is 9.63. The molecule has 3 nitrogen and oxygen atoms in total. The van der Waals surface area contributed by atoms with E-state index in [1.807, 2.05) is 24.3 Å². The Morgan fingerprint density at radius 3 is 2.75 bits per heavy atom. The maximum Gasteiger partial charge on any atom is 0.121 e. The summed E-state index contributed by atoms with van der Waals surface area (Å²) < 4.78 is 5.25. The smallest absolute Gasteiger partial charge is 0.121 e. The van der Waals surface area contributed by atoms with Crippen LogP contribution in [0.1, 0.15) is 26.0 Å². The molecule has 0 saturated heterocycles. The van der Waals surface area contributed by atoms with Crippen LogP contribution in [0.3, 0.4) is 0 Å². The lowest BCUT2D eigenvalue weighted by atomic mass is 10.2. The van der Waals surface area contributed by atoms with Gasteiger partial charge in [0.05, 0.1) is 23.8 Å². The molecule has 1 aromatic carbocycles.